The number of esters is 2. The molecule has 0 aromatic carbocycles. The van der Waals surface area contributed by atoms with Gasteiger partial charge in [0.2, 0.25) is 0 Å². The maximum absolute atomic E-state index is 12.5. The number of ether oxygens (including phenoxy) is 3. The summed E-state index contributed by atoms with van der Waals surface area (Å²) in [6, 6.07) is 0. The van der Waals surface area contributed by atoms with E-state index in [1.807, 2.05) is 0 Å². The van der Waals surface area contributed by atoms with Gasteiger partial charge in [0, 0.05) is 19.4 Å². The van der Waals surface area contributed by atoms with Gasteiger partial charge in [-0.3, -0.25) is 9.59 Å². The lowest BCUT2D eigenvalue weighted by molar-refractivity contribution is -0.163. The van der Waals surface area contributed by atoms with Gasteiger partial charge < -0.3 is 14.2 Å². The third-order valence-corrected chi connectivity index (χ3v) is 8.99. The number of carbonyl (C=O) groups excluding carboxylic acids is 2. The molecule has 0 aromatic rings. The van der Waals surface area contributed by atoms with Crippen LogP contribution in [0.2, 0.25) is 0 Å². The van der Waals surface area contributed by atoms with E-state index in [0.29, 0.717) is 19.4 Å². The van der Waals surface area contributed by atoms with Gasteiger partial charge in [-0.05, 0) is 51.4 Å². The molecular formula is C43H80O5. The number of rotatable bonds is 38. The molecule has 0 saturated carbocycles. The van der Waals surface area contributed by atoms with Crippen LogP contribution in [0.5, 0.6) is 0 Å². The highest BCUT2D eigenvalue weighted by Gasteiger charge is 2.17. The SMILES string of the molecule is CCCCC/C=C\C/C=C\CCCCCCCCCCOCC(COC(=O)CCCCCCCCC)OC(=O)CCCCCCCCC. The van der Waals surface area contributed by atoms with Gasteiger partial charge in [0.25, 0.3) is 0 Å². The molecule has 0 heterocycles. The zero-order chi connectivity index (χ0) is 35.0. The molecule has 0 saturated heterocycles. The van der Waals surface area contributed by atoms with Crippen molar-refractivity contribution in [3.8, 4) is 0 Å². The van der Waals surface area contributed by atoms with Gasteiger partial charge in [0.1, 0.15) is 6.61 Å². The standard InChI is InChI=1S/C43H80O5/c1-4-7-10-13-16-17-18-19-20-21-22-23-24-25-26-29-32-35-38-46-39-41(48-43(45)37-34-31-28-15-12-9-6-3)40-47-42(44)36-33-30-27-14-11-8-5-2/h16-17,19-20,41H,4-15,18,21-40H2,1-3H3/b17-16-,20-19-. The van der Waals surface area contributed by atoms with Crippen molar-refractivity contribution in [2.75, 3.05) is 19.8 Å². The molecule has 1 unspecified atom stereocenters. The first-order chi connectivity index (χ1) is 23.6. The number of unbranched alkanes of at least 4 members (excludes halogenated alkanes) is 23. The van der Waals surface area contributed by atoms with E-state index in [9.17, 15) is 9.59 Å². The van der Waals surface area contributed by atoms with E-state index in [2.05, 4.69) is 45.1 Å². The van der Waals surface area contributed by atoms with Crippen LogP contribution in [-0.4, -0.2) is 37.9 Å². The highest BCUT2D eigenvalue weighted by atomic mass is 16.6. The summed E-state index contributed by atoms with van der Waals surface area (Å²) in [5.41, 5.74) is 0. The topological polar surface area (TPSA) is 61.8 Å². The summed E-state index contributed by atoms with van der Waals surface area (Å²) in [6.07, 6.45) is 43.3. The fourth-order valence-corrected chi connectivity index (χ4v) is 5.83. The monoisotopic (exact) mass is 677 g/mol. The molecule has 5 heteroatoms. The predicted octanol–water partition coefficient (Wildman–Crippen LogP) is 13.3. The number of carbonyl (C=O) groups is 2. The van der Waals surface area contributed by atoms with Crippen molar-refractivity contribution in [3.63, 3.8) is 0 Å². The average Bonchev–Trinajstić information content (AvgIpc) is 3.08. The first-order valence-corrected chi connectivity index (χ1v) is 20.9. The van der Waals surface area contributed by atoms with E-state index in [1.165, 1.54) is 135 Å². The Hall–Kier alpha value is -1.62. The largest absolute Gasteiger partial charge is 0.462 e. The quantitative estimate of drug-likeness (QED) is 0.0370. The molecule has 0 aliphatic heterocycles. The molecule has 5 nitrogen and oxygen atoms in total. The van der Waals surface area contributed by atoms with E-state index < -0.39 is 6.10 Å². The fraction of sp³-hybridized carbons (Fsp3) is 0.860. The van der Waals surface area contributed by atoms with Crippen molar-refractivity contribution < 1.29 is 23.8 Å². The van der Waals surface area contributed by atoms with Gasteiger partial charge in [-0.15, -0.1) is 0 Å². The molecule has 0 amide bonds. The second-order valence-corrected chi connectivity index (χ2v) is 13.9. The third-order valence-electron chi connectivity index (χ3n) is 8.99. The van der Waals surface area contributed by atoms with Gasteiger partial charge in [-0.25, -0.2) is 0 Å². The minimum absolute atomic E-state index is 0.0874. The van der Waals surface area contributed by atoms with Gasteiger partial charge in [-0.1, -0.05) is 173 Å². The summed E-state index contributed by atoms with van der Waals surface area (Å²) < 4.78 is 17.1. The Morgan fingerprint density at radius 1 is 0.458 bits per heavy atom. The summed E-state index contributed by atoms with van der Waals surface area (Å²) in [5.74, 6) is -0.407. The molecule has 0 fully saturated rings. The predicted molar refractivity (Wildman–Crippen MR) is 205 cm³/mol. The van der Waals surface area contributed by atoms with Gasteiger partial charge >= 0.3 is 11.9 Å². The summed E-state index contributed by atoms with van der Waals surface area (Å²) in [5, 5.41) is 0. The fourth-order valence-electron chi connectivity index (χ4n) is 5.83. The molecule has 0 aromatic heterocycles. The molecule has 1 atom stereocenters. The van der Waals surface area contributed by atoms with Crippen LogP contribution in [0, 0.1) is 0 Å². The van der Waals surface area contributed by atoms with Crippen LogP contribution < -0.4 is 0 Å². The lowest BCUT2D eigenvalue weighted by Crippen LogP contribution is -2.30. The van der Waals surface area contributed by atoms with Crippen LogP contribution >= 0.6 is 0 Å². The molecule has 0 bridgehead atoms. The molecule has 0 aliphatic carbocycles. The maximum Gasteiger partial charge on any atom is 0.306 e. The first-order valence-electron chi connectivity index (χ1n) is 20.9. The minimum Gasteiger partial charge on any atom is -0.462 e. The average molecular weight is 677 g/mol. The van der Waals surface area contributed by atoms with Crippen LogP contribution in [0.15, 0.2) is 24.3 Å². The van der Waals surface area contributed by atoms with Crippen LogP contribution in [0.1, 0.15) is 213 Å². The van der Waals surface area contributed by atoms with Gasteiger partial charge in [0.15, 0.2) is 6.10 Å². The lowest BCUT2D eigenvalue weighted by Gasteiger charge is -2.18. The Balaban J connectivity index is 4.07. The van der Waals surface area contributed by atoms with Crippen LogP contribution in [0.3, 0.4) is 0 Å². The van der Waals surface area contributed by atoms with E-state index in [4.69, 9.17) is 14.2 Å². The van der Waals surface area contributed by atoms with Gasteiger partial charge in [0.05, 0.1) is 6.61 Å². The molecule has 282 valence electrons. The summed E-state index contributed by atoms with van der Waals surface area (Å²) in [7, 11) is 0. The molecule has 0 radical (unpaired) electrons. The van der Waals surface area contributed by atoms with Crippen molar-refractivity contribution in [1.29, 1.82) is 0 Å². The molecule has 0 rings (SSSR count). The van der Waals surface area contributed by atoms with Gasteiger partial charge in [-0.2, -0.15) is 0 Å². The Bertz CT molecular complexity index is 731. The van der Waals surface area contributed by atoms with E-state index in [-0.39, 0.29) is 25.2 Å². The van der Waals surface area contributed by atoms with E-state index in [0.717, 1.165) is 44.9 Å². The number of hydrogen-bond acceptors (Lipinski definition) is 5. The molecule has 0 aliphatic rings. The maximum atomic E-state index is 12.5. The molecule has 0 N–H and O–H groups in total. The Labute approximate surface area is 298 Å². The minimum atomic E-state index is -0.526. The summed E-state index contributed by atoms with van der Waals surface area (Å²) >= 11 is 0. The molecule has 48 heavy (non-hydrogen) atoms. The van der Waals surface area contributed by atoms with Crippen LogP contribution in [-0.2, 0) is 23.8 Å². The highest BCUT2D eigenvalue weighted by Crippen LogP contribution is 2.13. The normalized spacial score (nSPS) is 12.3. The first kappa shape index (κ1) is 46.4. The van der Waals surface area contributed by atoms with E-state index >= 15 is 0 Å². The van der Waals surface area contributed by atoms with Crippen LogP contribution in [0.4, 0.5) is 0 Å². The van der Waals surface area contributed by atoms with Crippen molar-refractivity contribution in [1.82, 2.24) is 0 Å². The van der Waals surface area contributed by atoms with E-state index in [1.54, 1.807) is 0 Å². The van der Waals surface area contributed by atoms with Crippen LogP contribution in [0.25, 0.3) is 0 Å². The molecule has 0 spiro atoms. The Morgan fingerprint density at radius 3 is 1.42 bits per heavy atom. The number of hydrogen-bond donors (Lipinski definition) is 0. The smallest absolute Gasteiger partial charge is 0.306 e. The molecular weight excluding hydrogens is 596 g/mol. The lowest BCUT2D eigenvalue weighted by atomic mass is 10.1. The summed E-state index contributed by atoms with van der Waals surface area (Å²) in [4.78, 5) is 24.9. The second-order valence-electron chi connectivity index (χ2n) is 13.9. The zero-order valence-corrected chi connectivity index (χ0v) is 32.3. The number of allylic oxidation sites excluding steroid dienone is 4. The Kier molecular flexibility index (Phi) is 38.5. The van der Waals surface area contributed by atoms with Crippen molar-refractivity contribution >= 4 is 11.9 Å². The highest BCUT2D eigenvalue weighted by molar-refractivity contribution is 5.70. The van der Waals surface area contributed by atoms with Crippen molar-refractivity contribution in [2.45, 2.75) is 219 Å². The van der Waals surface area contributed by atoms with Crippen molar-refractivity contribution in [3.05, 3.63) is 24.3 Å². The second kappa shape index (κ2) is 39.8. The van der Waals surface area contributed by atoms with Crippen molar-refractivity contribution in [2.24, 2.45) is 0 Å². The third kappa shape index (κ3) is 37.2. The zero-order valence-electron chi connectivity index (χ0n) is 32.3. The summed E-state index contributed by atoms with van der Waals surface area (Å²) in [6.45, 7) is 7.73. The Morgan fingerprint density at radius 2 is 0.875 bits per heavy atom.